The number of rotatable bonds is 3. The molecule has 0 bridgehead atoms. The number of amides is 1. The lowest BCUT2D eigenvalue weighted by atomic mass is 9.98. The SMILES string of the molecule is CCC1CCC(=O)N(Cc2cc(N)ccn2)CC1. The summed E-state index contributed by atoms with van der Waals surface area (Å²) in [5.74, 6) is 0.933. The Morgan fingerprint density at radius 2 is 2.33 bits per heavy atom. The van der Waals surface area contributed by atoms with Crippen molar-refractivity contribution in [1.29, 1.82) is 0 Å². The summed E-state index contributed by atoms with van der Waals surface area (Å²) in [5, 5.41) is 0. The molecule has 2 N–H and O–H groups in total. The van der Waals surface area contributed by atoms with Crippen LogP contribution in [0.15, 0.2) is 18.3 Å². The maximum Gasteiger partial charge on any atom is 0.222 e. The van der Waals surface area contributed by atoms with E-state index in [1.807, 2.05) is 11.0 Å². The van der Waals surface area contributed by atoms with E-state index in [9.17, 15) is 4.79 Å². The molecule has 0 radical (unpaired) electrons. The van der Waals surface area contributed by atoms with E-state index < -0.39 is 0 Å². The first kappa shape index (κ1) is 12.9. The number of carbonyl (C=O) groups is 1. The van der Waals surface area contributed by atoms with Crippen LogP contribution in [0.3, 0.4) is 0 Å². The van der Waals surface area contributed by atoms with Crippen molar-refractivity contribution >= 4 is 11.6 Å². The van der Waals surface area contributed by atoms with Gasteiger partial charge in [0, 0.05) is 24.8 Å². The molecule has 1 aliphatic heterocycles. The average molecular weight is 247 g/mol. The van der Waals surface area contributed by atoms with Gasteiger partial charge >= 0.3 is 0 Å². The minimum absolute atomic E-state index is 0.246. The number of nitrogens with zero attached hydrogens (tertiary/aromatic N) is 2. The van der Waals surface area contributed by atoms with Gasteiger partial charge < -0.3 is 10.6 Å². The van der Waals surface area contributed by atoms with Crippen LogP contribution < -0.4 is 5.73 Å². The largest absolute Gasteiger partial charge is 0.399 e. The highest BCUT2D eigenvalue weighted by molar-refractivity contribution is 5.76. The highest BCUT2D eigenvalue weighted by Crippen LogP contribution is 2.22. The Morgan fingerprint density at radius 1 is 1.50 bits per heavy atom. The molecular weight excluding hydrogens is 226 g/mol. The lowest BCUT2D eigenvalue weighted by Gasteiger charge is -2.20. The fraction of sp³-hybridized carbons (Fsp3) is 0.571. The zero-order valence-corrected chi connectivity index (χ0v) is 10.9. The van der Waals surface area contributed by atoms with E-state index in [1.54, 1.807) is 12.3 Å². The Kier molecular flexibility index (Phi) is 4.18. The van der Waals surface area contributed by atoms with Gasteiger partial charge in [0.1, 0.15) is 0 Å². The van der Waals surface area contributed by atoms with Gasteiger partial charge in [-0.05, 0) is 30.9 Å². The summed E-state index contributed by atoms with van der Waals surface area (Å²) in [6.45, 7) is 3.62. The van der Waals surface area contributed by atoms with Crippen LogP contribution in [0.25, 0.3) is 0 Å². The van der Waals surface area contributed by atoms with Crippen molar-refractivity contribution < 1.29 is 4.79 Å². The molecule has 0 saturated carbocycles. The van der Waals surface area contributed by atoms with Crippen LogP contribution in [-0.4, -0.2) is 22.3 Å². The Hall–Kier alpha value is -1.58. The van der Waals surface area contributed by atoms with Crippen molar-refractivity contribution in [3.63, 3.8) is 0 Å². The van der Waals surface area contributed by atoms with Gasteiger partial charge in [0.05, 0.1) is 12.2 Å². The van der Waals surface area contributed by atoms with Crippen LogP contribution >= 0.6 is 0 Å². The quantitative estimate of drug-likeness (QED) is 0.890. The van der Waals surface area contributed by atoms with Crippen molar-refractivity contribution in [2.24, 2.45) is 5.92 Å². The Balaban J connectivity index is 2.01. The minimum atomic E-state index is 0.246. The Labute approximate surface area is 108 Å². The third-order valence-corrected chi connectivity index (χ3v) is 3.70. The number of hydrogen-bond acceptors (Lipinski definition) is 3. The van der Waals surface area contributed by atoms with Gasteiger partial charge in [0.2, 0.25) is 5.91 Å². The standard InChI is InChI=1S/C14H21N3O/c1-2-11-3-4-14(18)17(8-6-11)10-13-9-12(15)5-7-16-13/h5,7,9,11H,2-4,6,8,10H2,1H3,(H2,15,16). The number of nitrogens with two attached hydrogens (primary N) is 1. The number of likely N-dealkylation sites (tertiary alicyclic amines) is 1. The third-order valence-electron chi connectivity index (χ3n) is 3.70. The number of nitrogen functional groups attached to an aromatic ring is 1. The molecule has 1 aliphatic rings. The maximum atomic E-state index is 12.0. The van der Waals surface area contributed by atoms with Crippen LogP contribution in [0.5, 0.6) is 0 Å². The molecular formula is C14H21N3O. The van der Waals surface area contributed by atoms with E-state index in [1.165, 1.54) is 0 Å². The molecule has 1 atom stereocenters. The van der Waals surface area contributed by atoms with Crippen molar-refractivity contribution in [3.05, 3.63) is 24.0 Å². The second-order valence-electron chi connectivity index (χ2n) is 5.00. The lowest BCUT2D eigenvalue weighted by molar-refractivity contribution is -0.131. The predicted molar refractivity (Wildman–Crippen MR) is 71.7 cm³/mol. The van der Waals surface area contributed by atoms with E-state index in [4.69, 9.17) is 5.73 Å². The maximum absolute atomic E-state index is 12.0. The first-order valence-electron chi connectivity index (χ1n) is 6.67. The lowest BCUT2D eigenvalue weighted by Crippen LogP contribution is -2.30. The summed E-state index contributed by atoms with van der Waals surface area (Å²) >= 11 is 0. The molecule has 18 heavy (non-hydrogen) atoms. The fourth-order valence-electron chi connectivity index (χ4n) is 2.45. The molecule has 2 heterocycles. The van der Waals surface area contributed by atoms with Crippen molar-refractivity contribution in [2.45, 2.75) is 39.2 Å². The minimum Gasteiger partial charge on any atom is -0.399 e. The Morgan fingerprint density at radius 3 is 3.06 bits per heavy atom. The van der Waals surface area contributed by atoms with Crippen molar-refractivity contribution in [1.82, 2.24) is 9.88 Å². The molecule has 2 rings (SSSR count). The van der Waals surface area contributed by atoms with E-state index >= 15 is 0 Å². The number of aromatic nitrogens is 1. The van der Waals surface area contributed by atoms with Crippen molar-refractivity contribution in [2.75, 3.05) is 12.3 Å². The molecule has 1 aromatic heterocycles. The number of carbonyl (C=O) groups excluding carboxylic acids is 1. The zero-order chi connectivity index (χ0) is 13.0. The monoisotopic (exact) mass is 247 g/mol. The van der Waals surface area contributed by atoms with E-state index in [0.29, 0.717) is 24.6 Å². The van der Waals surface area contributed by atoms with Gasteiger partial charge in [-0.1, -0.05) is 13.3 Å². The summed E-state index contributed by atoms with van der Waals surface area (Å²) in [6, 6.07) is 3.61. The molecule has 0 aromatic carbocycles. The van der Waals surface area contributed by atoms with Gasteiger partial charge in [-0.3, -0.25) is 9.78 Å². The highest BCUT2D eigenvalue weighted by atomic mass is 16.2. The van der Waals surface area contributed by atoms with Crippen LogP contribution in [0, 0.1) is 5.92 Å². The molecule has 0 spiro atoms. The van der Waals surface area contributed by atoms with Gasteiger partial charge in [-0.25, -0.2) is 0 Å². The first-order valence-corrected chi connectivity index (χ1v) is 6.67. The fourth-order valence-corrected chi connectivity index (χ4v) is 2.45. The molecule has 0 aliphatic carbocycles. The molecule has 4 nitrogen and oxygen atoms in total. The van der Waals surface area contributed by atoms with Crippen LogP contribution in [0.4, 0.5) is 5.69 Å². The molecule has 98 valence electrons. The van der Waals surface area contributed by atoms with Gasteiger partial charge in [-0.15, -0.1) is 0 Å². The van der Waals surface area contributed by atoms with Crippen molar-refractivity contribution in [3.8, 4) is 0 Å². The van der Waals surface area contributed by atoms with E-state index in [-0.39, 0.29) is 5.91 Å². The smallest absolute Gasteiger partial charge is 0.222 e. The molecule has 1 saturated heterocycles. The number of hydrogen-bond donors (Lipinski definition) is 1. The average Bonchev–Trinajstić information content (AvgIpc) is 2.53. The van der Waals surface area contributed by atoms with Crippen LogP contribution in [-0.2, 0) is 11.3 Å². The number of pyridine rings is 1. The van der Waals surface area contributed by atoms with Gasteiger partial charge in [-0.2, -0.15) is 0 Å². The Bertz CT molecular complexity index is 419. The zero-order valence-electron chi connectivity index (χ0n) is 10.9. The third kappa shape index (κ3) is 3.22. The van der Waals surface area contributed by atoms with Crippen LogP contribution in [0.2, 0.25) is 0 Å². The summed E-state index contributed by atoms with van der Waals surface area (Å²) in [7, 11) is 0. The summed E-state index contributed by atoms with van der Waals surface area (Å²) in [5.41, 5.74) is 7.31. The molecule has 1 unspecified atom stereocenters. The van der Waals surface area contributed by atoms with Crippen LogP contribution in [0.1, 0.15) is 38.3 Å². The normalized spacial score (nSPS) is 20.8. The topological polar surface area (TPSA) is 59.2 Å². The van der Waals surface area contributed by atoms with Gasteiger partial charge in [0.25, 0.3) is 0 Å². The summed E-state index contributed by atoms with van der Waals surface area (Å²) in [6.07, 6.45) is 5.65. The molecule has 1 aromatic rings. The molecule has 4 heteroatoms. The predicted octanol–water partition coefficient (Wildman–Crippen LogP) is 2.20. The van der Waals surface area contributed by atoms with E-state index in [0.717, 1.165) is 31.5 Å². The summed E-state index contributed by atoms with van der Waals surface area (Å²) < 4.78 is 0. The molecule has 1 fully saturated rings. The second-order valence-corrected chi connectivity index (χ2v) is 5.00. The second kappa shape index (κ2) is 5.85. The van der Waals surface area contributed by atoms with Gasteiger partial charge in [0.15, 0.2) is 0 Å². The van der Waals surface area contributed by atoms with E-state index in [2.05, 4.69) is 11.9 Å². The number of anilines is 1. The summed E-state index contributed by atoms with van der Waals surface area (Å²) in [4.78, 5) is 18.2. The highest BCUT2D eigenvalue weighted by Gasteiger charge is 2.21. The first-order chi connectivity index (χ1) is 8.69. The molecule has 1 amide bonds.